The van der Waals surface area contributed by atoms with Crippen LogP contribution in [0.5, 0.6) is 0 Å². The summed E-state index contributed by atoms with van der Waals surface area (Å²) in [6.07, 6.45) is 0. The van der Waals surface area contributed by atoms with Gasteiger partial charge in [0.2, 0.25) is 0 Å². The summed E-state index contributed by atoms with van der Waals surface area (Å²) in [4.78, 5) is 4.29. The summed E-state index contributed by atoms with van der Waals surface area (Å²) in [5.41, 5.74) is 2.54. The molecule has 0 unspecified atom stereocenters. The van der Waals surface area contributed by atoms with Crippen molar-refractivity contribution in [1.82, 2.24) is 56.4 Å². The molecule has 0 radical (unpaired) electrons. The normalized spacial score (nSPS) is 11.4. The number of hydrogen-bond acceptors (Lipinski definition) is 11. The number of benzene rings is 1. The van der Waals surface area contributed by atoms with E-state index in [2.05, 4.69) is 56.4 Å². The summed E-state index contributed by atoms with van der Waals surface area (Å²) in [6, 6.07) is 0. The maximum Gasteiger partial charge on any atom is 0.148 e. The van der Waals surface area contributed by atoms with Gasteiger partial charge in [-0.25, -0.2) is 4.98 Å². The summed E-state index contributed by atoms with van der Waals surface area (Å²) >= 11 is 0. The molecule has 4 aromatic rings. The Morgan fingerprint density at radius 2 is 0.895 bits per heavy atom. The van der Waals surface area contributed by atoms with Crippen molar-refractivity contribution in [1.29, 1.82) is 0 Å². The van der Waals surface area contributed by atoms with Crippen LogP contribution >= 0.6 is 0 Å². The summed E-state index contributed by atoms with van der Waals surface area (Å²) in [5.74, 6) is 0.502. The van der Waals surface area contributed by atoms with Crippen LogP contribution in [0.4, 0.5) is 0 Å². The van der Waals surface area contributed by atoms with E-state index in [4.69, 9.17) is 0 Å². The van der Waals surface area contributed by atoms with Gasteiger partial charge in [0.15, 0.2) is 0 Å². The Kier molecular flexibility index (Phi) is 1.79. The number of aromatic nitrogens is 11. The van der Waals surface area contributed by atoms with E-state index >= 15 is 0 Å². The maximum absolute atomic E-state index is 4.29. The number of hydrogen-bond donors (Lipinski definition) is 0. The Morgan fingerprint density at radius 1 is 0.474 bits per heavy atom. The van der Waals surface area contributed by atoms with Gasteiger partial charge in [-0.2, -0.15) is 0 Å². The van der Waals surface area contributed by atoms with Crippen LogP contribution in [0.3, 0.4) is 0 Å². The van der Waals surface area contributed by atoms with Crippen LogP contribution in [0, 0.1) is 6.92 Å². The van der Waals surface area contributed by atoms with Gasteiger partial charge in [0.25, 0.3) is 0 Å². The molecule has 0 aliphatic rings. The van der Waals surface area contributed by atoms with Crippen molar-refractivity contribution in [2.24, 2.45) is 0 Å². The zero-order valence-corrected chi connectivity index (χ0v) is 9.42. The predicted octanol–water partition coefficient (Wildman–Crippen LogP) is -1.20. The lowest BCUT2D eigenvalue weighted by Crippen LogP contribution is -2.03. The molecule has 11 nitrogen and oxygen atoms in total. The molecule has 3 heterocycles. The maximum atomic E-state index is 4.29. The SMILES string of the molecule is Cc1nnc2c3nnnnc3c3nnnnc3c2n1. The van der Waals surface area contributed by atoms with Crippen LogP contribution in [-0.4, -0.2) is 56.4 Å². The predicted molar refractivity (Wildman–Crippen MR) is 59.4 cm³/mol. The molecule has 0 fully saturated rings. The first-order chi connectivity index (χ1) is 9.34. The highest BCUT2D eigenvalue weighted by Gasteiger charge is 2.17. The lowest BCUT2D eigenvalue weighted by molar-refractivity contribution is 0.784. The highest BCUT2D eigenvalue weighted by atomic mass is 15.4. The third kappa shape index (κ3) is 1.28. The molecule has 0 atom stereocenters. The molecule has 1 aromatic carbocycles. The molecule has 0 N–H and O–H groups in total. The van der Waals surface area contributed by atoms with Gasteiger partial charge >= 0.3 is 0 Å². The third-order valence-electron chi connectivity index (χ3n) is 2.57. The minimum atomic E-state index is 0.389. The van der Waals surface area contributed by atoms with E-state index in [1.807, 2.05) is 0 Å². The summed E-state index contributed by atoms with van der Waals surface area (Å²) in [5, 5.41) is 37.6. The van der Waals surface area contributed by atoms with Crippen molar-refractivity contribution < 1.29 is 0 Å². The molecule has 0 aliphatic carbocycles. The van der Waals surface area contributed by atoms with Gasteiger partial charge in [-0.1, -0.05) is 0 Å². The van der Waals surface area contributed by atoms with Crippen LogP contribution in [0.15, 0.2) is 0 Å². The number of fused-ring (bicyclic) bond motifs is 6. The molecule has 4 rings (SSSR count). The molecule has 3 aromatic heterocycles. The first kappa shape index (κ1) is 9.87. The third-order valence-corrected chi connectivity index (χ3v) is 2.57. The van der Waals surface area contributed by atoms with E-state index in [1.54, 1.807) is 6.92 Å². The van der Waals surface area contributed by atoms with Crippen LogP contribution in [0.25, 0.3) is 33.1 Å². The zero-order valence-electron chi connectivity index (χ0n) is 9.42. The Balaban J connectivity index is 2.43. The summed E-state index contributed by atoms with van der Waals surface area (Å²) < 4.78 is 0. The second-order valence-corrected chi connectivity index (χ2v) is 3.71. The molecule has 0 spiro atoms. The van der Waals surface area contributed by atoms with Gasteiger partial charge < -0.3 is 0 Å². The van der Waals surface area contributed by atoms with Crippen molar-refractivity contribution in [3.05, 3.63) is 5.82 Å². The zero-order chi connectivity index (χ0) is 12.8. The van der Waals surface area contributed by atoms with Crippen molar-refractivity contribution in [2.45, 2.75) is 6.92 Å². The first-order valence-corrected chi connectivity index (χ1v) is 5.19. The average Bonchev–Trinajstić information content (AvgIpc) is 2.47. The summed E-state index contributed by atoms with van der Waals surface area (Å²) in [7, 11) is 0. The monoisotopic (exact) mass is 253 g/mol. The Labute approximate surface area is 103 Å². The van der Waals surface area contributed by atoms with Crippen LogP contribution in [0.1, 0.15) is 5.82 Å². The van der Waals surface area contributed by atoms with Gasteiger partial charge in [0.05, 0.1) is 0 Å². The second kappa shape index (κ2) is 3.44. The molecule has 0 saturated heterocycles. The van der Waals surface area contributed by atoms with Crippen molar-refractivity contribution in [3.63, 3.8) is 0 Å². The van der Waals surface area contributed by atoms with Crippen molar-refractivity contribution >= 4 is 33.1 Å². The summed E-state index contributed by atoms with van der Waals surface area (Å²) in [6.45, 7) is 1.72. The standard InChI is InChI=1S/C8H3N11/c1-2-9-3-4(11-10-2)6-8(15-19-17-13-6)7-5(3)12-16-18-14-7/h1H3. The fraction of sp³-hybridized carbons (Fsp3) is 0.125. The Bertz CT molecular complexity index is 900. The van der Waals surface area contributed by atoms with E-state index in [0.29, 0.717) is 38.9 Å². The topological polar surface area (TPSA) is 142 Å². The van der Waals surface area contributed by atoms with Crippen LogP contribution in [0.2, 0.25) is 0 Å². The lowest BCUT2D eigenvalue weighted by Gasteiger charge is -2.02. The van der Waals surface area contributed by atoms with Crippen LogP contribution in [-0.2, 0) is 0 Å². The highest BCUT2D eigenvalue weighted by Crippen LogP contribution is 2.25. The minimum absolute atomic E-state index is 0.389. The molecular formula is C8H3N11. The lowest BCUT2D eigenvalue weighted by atomic mass is 10.2. The fourth-order valence-electron chi connectivity index (χ4n) is 1.82. The fourth-order valence-corrected chi connectivity index (χ4v) is 1.82. The quantitative estimate of drug-likeness (QED) is 0.348. The molecule has 90 valence electrons. The average molecular weight is 253 g/mol. The molecule has 0 amide bonds. The van der Waals surface area contributed by atoms with Crippen molar-refractivity contribution in [2.75, 3.05) is 0 Å². The van der Waals surface area contributed by atoms with Gasteiger partial charge in [-0.3, -0.25) is 0 Å². The highest BCUT2D eigenvalue weighted by molar-refractivity contribution is 6.16. The van der Waals surface area contributed by atoms with E-state index in [-0.39, 0.29) is 0 Å². The first-order valence-electron chi connectivity index (χ1n) is 5.19. The molecule has 0 aliphatic heterocycles. The molecule has 0 bridgehead atoms. The number of rotatable bonds is 0. The van der Waals surface area contributed by atoms with Gasteiger partial charge in [0.1, 0.15) is 38.9 Å². The Morgan fingerprint density at radius 3 is 1.42 bits per heavy atom. The molecule has 11 heteroatoms. The minimum Gasteiger partial charge on any atom is -0.227 e. The van der Waals surface area contributed by atoms with Crippen LogP contribution < -0.4 is 0 Å². The van der Waals surface area contributed by atoms with E-state index in [9.17, 15) is 0 Å². The number of nitrogens with zero attached hydrogens (tertiary/aromatic N) is 11. The smallest absolute Gasteiger partial charge is 0.148 e. The van der Waals surface area contributed by atoms with E-state index in [1.165, 1.54) is 0 Å². The van der Waals surface area contributed by atoms with E-state index in [0.717, 1.165) is 0 Å². The van der Waals surface area contributed by atoms with Crippen molar-refractivity contribution in [3.8, 4) is 0 Å². The van der Waals surface area contributed by atoms with Gasteiger partial charge in [0, 0.05) is 0 Å². The molecular weight excluding hydrogens is 250 g/mol. The largest absolute Gasteiger partial charge is 0.227 e. The second-order valence-electron chi connectivity index (χ2n) is 3.71. The van der Waals surface area contributed by atoms with Gasteiger partial charge in [-0.15, -0.1) is 30.6 Å². The molecule has 19 heavy (non-hydrogen) atoms. The molecule has 0 saturated carbocycles. The van der Waals surface area contributed by atoms with Gasteiger partial charge in [-0.05, 0) is 27.8 Å². The number of aryl methyl sites for hydroxylation is 1. The van der Waals surface area contributed by atoms with E-state index < -0.39 is 0 Å². The Hall–Kier alpha value is -3.11.